The van der Waals surface area contributed by atoms with Crippen LogP contribution in [0.4, 0.5) is 0 Å². The summed E-state index contributed by atoms with van der Waals surface area (Å²) in [5.41, 5.74) is 0. The van der Waals surface area contributed by atoms with Crippen molar-refractivity contribution in [3.63, 3.8) is 0 Å². The lowest BCUT2D eigenvalue weighted by Gasteiger charge is -2.21. The Bertz CT molecular complexity index is 108. The van der Waals surface area contributed by atoms with Crippen LogP contribution in [0.1, 0.15) is 6.92 Å². The predicted octanol–water partition coefficient (Wildman–Crippen LogP) is 3.51. The molecule has 0 heterocycles. The molecule has 0 aliphatic rings. The van der Waals surface area contributed by atoms with E-state index in [1.54, 1.807) is 0 Å². The summed E-state index contributed by atoms with van der Waals surface area (Å²) in [5.74, 6) is 0. The Morgan fingerprint density at radius 1 is 1.60 bits per heavy atom. The second kappa shape index (κ2) is 4.19. The molecule has 0 fully saturated rings. The third-order valence-electron chi connectivity index (χ3n) is 1.53. The van der Waals surface area contributed by atoms with Crippen LogP contribution < -0.4 is 0 Å². The summed E-state index contributed by atoms with van der Waals surface area (Å²) in [6.45, 7) is 10.5. The van der Waals surface area contributed by atoms with Gasteiger partial charge in [0.2, 0.25) is 0 Å². The second-order valence-corrected chi connectivity index (χ2v) is 9.53. The normalized spacial score (nSPS) is 14.8. The molecule has 60 valence electrons. The van der Waals surface area contributed by atoms with Crippen LogP contribution in [0.3, 0.4) is 0 Å². The Morgan fingerprint density at radius 2 is 2.10 bits per heavy atom. The molecule has 0 nitrogen and oxygen atoms in total. The molecular formula is C8H17ClSi. The van der Waals surface area contributed by atoms with Gasteiger partial charge >= 0.3 is 0 Å². The van der Waals surface area contributed by atoms with Crippen molar-refractivity contribution in [1.29, 1.82) is 0 Å². The maximum Gasteiger partial charge on any atom is 0.0525 e. The molecule has 10 heavy (non-hydrogen) atoms. The smallest absolute Gasteiger partial charge is 0.0525 e. The molecule has 0 aromatic heterocycles. The van der Waals surface area contributed by atoms with Gasteiger partial charge in [-0.3, -0.25) is 0 Å². The molecule has 0 radical (unpaired) electrons. The summed E-state index contributed by atoms with van der Waals surface area (Å²) in [4.78, 5) is 0. The number of alkyl halides is 1. The van der Waals surface area contributed by atoms with E-state index in [-0.39, 0.29) is 0 Å². The van der Waals surface area contributed by atoms with Crippen molar-refractivity contribution < 1.29 is 0 Å². The fraction of sp³-hybridized carbons (Fsp3) is 0.750. The zero-order valence-electron chi connectivity index (χ0n) is 7.15. The molecule has 0 amide bonds. The monoisotopic (exact) mass is 176 g/mol. The summed E-state index contributed by atoms with van der Waals surface area (Å²) >= 11 is 5.90. The van der Waals surface area contributed by atoms with Gasteiger partial charge in [-0.2, -0.15) is 0 Å². The SMILES string of the molecule is C=CC[Si](C)(C)CC(C)Cl. The van der Waals surface area contributed by atoms with Crippen LogP contribution in [0, 0.1) is 0 Å². The summed E-state index contributed by atoms with van der Waals surface area (Å²) in [6.07, 6.45) is 2.02. The van der Waals surface area contributed by atoms with E-state index in [1.807, 2.05) is 6.08 Å². The third-order valence-corrected chi connectivity index (χ3v) is 5.06. The highest BCUT2D eigenvalue weighted by molar-refractivity contribution is 6.78. The van der Waals surface area contributed by atoms with Crippen LogP contribution in [-0.2, 0) is 0 Å². The average molecular weight is 177 g/mol. The topological polar surface area (TPSA) is 0 Å². The van der Waals surface area contributed by atoms with Crippen molar-refractivity contribution in [2.24, 2.45) is 0 Å². The first-order chi connectivity index (χ1) is 4.48. The summed E-state index contributed by atoms with van der Waals surface area (Å²) in [6, 6.07) is 2.38. The largest absolute Gasteiger partial charge is 0.124 e. The number of rotatable bonds is 4. The lowest BCUT2D eigenvalue weighted by Crippen LogP contribution is -2.26. The minimum Gasteiger partial charge on any atom is -0.124 e. The first-order valence-corrected chi connectivity index (χ1v) is 7.58. The minimum absolute atomic E-state index is 0.335. The first kappa shape index (κ1) is 10.2. The van der Waals surface area contributed by atoms with Crippen LogP contribution in [0.15, 0.2) is 12.7 Å². The molecule has 0 saturated heterocycles. The molecule has 1 unspecified atom stereocenters. The van der Waals surface area contributed by atoms with E-state index in [1.165, 1.54) is 12.1 Å². The van der Waals surface area contributed by atoms with Gasteiger partial charge in [-0.25, -0.2) is 0 Å². The van der Waals surface area contributed by atoms with Gasteiger partial charge in [0.15, 0.2) is 0 Å². The minimum atomic E-state index is -1.02. The van der Waals surface area contributed by atoms with Crippen molar-refractivity contribution in [1.82, 2.24) is 0 Å². The van der Waals surface area contributed by atoms with Crippen LogP contribution in [0.2, 0.25) is 25.2 Å². The first-order valence-electron chi connectivity index (χ1n) is 3.73. The number of halogens is 1. The highest BCUT2D eigenvalue weighted by Gasteiger charge is 2.20. The van der Waals surface area contributed by atoms with E-state index in [0.29, 0.717) is 5.38 Å². The Hall–Kier alpha value is 0.247. The van der Waals surface area contributed by atoms with E-state index in [0.717, 1.165) is 0 Å². The molecule has 0 aliphatic carbocycles. The molecule has 0 aromatic carbocycles. The van der Waals surface area contributed by atoms with Gasteiger partial charge in [-0.15, -0.1) is 18.2 Å². The summed E-state index contributed by atoms with van der Waals surface area (Å²) in [7, 11) is -1.02. The molecular weight excluding hydrogens is 160 g/mol. The maximum absolute atomic E-state index is 5.90. The lowest BCUT2D eigenvalue weighted by atomic mass is 10.6. The Kier molecular flexibility index (Phi) is 4.30. The van der Waals surface area contributed by atoms with Gasteiger partial charge < -0.3 is 0 Å². The van der Waals surface area contributed by atoms with E-state index in [2.05, 4.69) is 26.6 Å². The zero-order valence-corrected chi connectivity index (χ0v) is 8.91. The van der Waals surface area contributed by atoms with Gasteiger partial charge in [0.1, 0.15) is 0 Å². The molecule has 0 aromatic rings. The van der Waals surface area contributed by atoms with E-state index >= 15 is 0 Å². The van der Waals surface area contributed by atoms with Gasteiger partial charge in [0.05, 0.1) is 8.07 Å². The highest BCUT2D eigenvalue weighted by Crippen LogP contribution is 2.20. The van der Waals surface area contributed by atoms with Crippen molar-refractivity contribution in [3.8, 4) is 0 Å². The highest BCUT2D eigenvalue weighted by atomic mass is 35.5. The molecule has 0 rings (SSSR count). The molecule has 0 N–H and O–H groups in total. The van der Waals surface area contributed by atoms with Gasteiger partial charge in [-0.1, -0.05) is 19.2 Å². The van der Waals surface area contributed by atoms with E-state index in [9.17, 15) is 0 Å². The quantitative estimate of drug-likeness (QED) is 0.350. The number of allylic oxidation sites excluding steroid dienone is 1. The van der Waals surface area contributed by atoms with Crippen LogP contribution in [-0.4, -0.2) is 13.5 Å². The van der Waals surface area contributed by atoms with Crippen molar-refractivity contribution >= 4 is 19.7 Å². The predicted molar refractivity (Wildman–Crippen MR) is 52.6 cm³/mol. The summed E-state index contributed by atoms with van der Waals surface area (Å²) < 4.78 is 0. The van der Waals surface area contributed by atoms with Gasteiger partial charge in [0.25, 0.3) is 0 Å². The Balaban J connectivity index is 3.73. The van der Waals surface area contributed by atoms with Crippen LogP contribution in [0.25, 0.3) is 0 Å². The van der Waals surface area contributed by atoms with Crippen molar-refractivity contribution in [3.05, 3.63) is 12.7 Å². The molecule has 1 atom stereocenters. The average Bonchev–Trinajstić information content (AvgIpc) is 1.59. The third kappa shape index (κ3) is 5.07. The van der Waals surface area contributed by atoms with Gasteiger partial charge in [0, 0.05) is 5.38 Å². The van der Waals surface area contributed by atoms with Crippen molar-refractivity contribution in [2.75, 3.05) is 0 Å². The zero-order chi connectivity index (χ0) is 8.20. The lowest BCUT2D eigenvalue weighted by molar-refractivity contribution is 1.05. The second-order valence-electron chi connectivity index (χ2n) is 3.64. The van der Waals surface area contributed by atoms with Crippen LogP contribution in [0.5, 0.6) is 0 Å². The van der Waals surface area contributed by atoms with Crippen LogP contribution >= 0.6 is 11.6 Å². The summed E-state index contributed by atoms with van der Waals surface area (Å²) in [5, 5.41) is 0.335. The fourth-order valence-electron chi connectivity index (χ4n) is 1.24. The molecule has 0 aliphatic heterocycles. The molecule has 0 spiro atoms. The van der Waals surface area contributed by atoms with Gasteiger partial charge in [-0.05, 0) is 19.0 Å². The Labute approximate surface area is 70.3 Å². The fourth-order valence-corrected chi connectivity index (χ4v) is 4.96. The number of hydrogen-bond acceptors (Lipinski definition) is 0. The van der Waals surface area contributed by atoms with Crippen molar-refractivity contribution in [2.45, 2.75) is 37.5 Å². The van der Waals surface area contributed by atoms with E-state index in [4.69, 9.17) is 11.6 Å². The molecule has 0 saturated carbocycles. The van der Waals surface area contributed by atoms with E-state index < -0.39 is 8.07 Å². The standard InChI is InChI=1S/C8H17ClSi/c1-5-6-10(3,4)7-8(2)9/h5,8H,1,6-7H2,2-4H3. The maximum atomic E-state index is 5.90. The number of hydrogen-bond donors (Lipinski definition) is 0. The molecule has 0 bridgehead atoms. The Morgan fingerprint density at radius 3 is 2.40 bits per heavy atom. The molecule has 2 heteroatoms.